The molecule has 0 aliphatic heterocycles. The Morgan fingerprint density at radius 1 is 1.20 bits per heavy atom. The Hall–Kier alpha value is -0.260. The molecule has 0 nitrogen and oxygen atoms in total. The summed E-state index contributed by atoms with van der Waals surface area (Å²) in [6, 6.07) is 0. The molecule has 0 radical (unpaired) electrons. The lowest BCUT2D eigenvalue weighted by Crippen LogP contribution is -2.18. The highest BCUT2D eigenvalue weighted by atomic mass is 14.5. The van der Waals surface area contributed by atoms with Gasteiger partial charge in [-0.2, -0.15) is 0 Å². The lowest BCUT2D eigenvalue weighted by molar-refractivity contribution is 0.286. The summed E-state index contributed by atoms with van der Waals surface area (Å²) in [6.45, 7) is 4.83. The fourth-order valence-electron chi connectivity index (χ4n) is 2.68. The Labute approximate surface area is 63.3 Å². The van der Waals surface area contributed by atoms with Crippen LogP contribution in [0.15, 0.2) is 12.2 Å². The second-order valence-electron chi connectivity index (χ2n) is 4.75. The van der Waals surface area contributed by atoms with Crippen LogP contribution in [0.25, 0.3) is 0 Å². The number of allylic oxidation sites excluding steroid dienone is 2. The van der Waals surface area contributed by atoms with Crippen molar-refractivity contribution in [2.45, 2.75) is 39.5 Å². The van der Waals surface area contributed by atoms with E-state index < -0.39 is 0 Å². The van der Waals surface area contributed by atoms with Gasteiger partial charge in [-0.05, 0) is 36.5 Å². The minimum Gasteiger partial charge on any atom is -0.0874 e. The Kier molecular flexibility index (Phi) is 1.07. The average Bonchev–Trinajstić information content (AvgIpc) is 2.03. The van der Waals surface area contributed by atoms with E-state index in [1.807, 2.05) is 0 Å². The summed E-state index contributed by atoms with van der Waals surface area (Å²) >= 11 is 0. The van der Waals surface area contributed by atoms with Gasteiger partial charge >= 0.3 is 0 Å². The third-order valence-electron chi connectivity index (χ3n) is 3.26. The van der Waals surface area contributed by atoms with Gasteiger partial charge in [0.2, 0.25) is 0 Å². The van der Waals surface area contributed by atoms with E-state index in [-0.39, 0.29) is 0 Å². The van der Waals surface area contributed by atoms with Gasteiger partial charge < -0.3 is 0 Å². The van der Waals surface area contributed by atoms with Crippen LogP contribution in [0.4, 0.5) is 0 Å². The molecule has 2 rings (SSSR count). The molecule has 2 atom stereocenters. The van der Waals surface area contributed by atoms with Crippen molar-refractivity contribution >= 4 is 0 Å². The van der Waals surface area contributed by atoms with Gasteiger partial charge in [0, 0.05) is 0 Å². The molecule has 0 N–H and O–H groups in total. The molecule has 0 aromatic rings. The average molecular weight is 136 g/mol. The van der Waals surface area contributed by atoms with E-state index in [1.165, 1.54) is 25.7 Å². The van der Waals surface area contributed by atoms with Crippen LogP contribution >= 0.6 is 0 Å². The molecule has 0 aromatic heterocycles. The molecular formula is C10H16. The highest BCUT2D eigenvalue weighted by Crippen LogP contribution is 2.54. The summed E-state index contributed by atoms with van der Waals surface area (Å²) in [5.74, 6) is 0. The van der Waals surface area contributed by atoms with E-state index in [0.29, 0.717) is 10.8 Å². The third kappa shape index (κ3) is 0.817. The molecule has 0 heteroatoms. The molecule has 1 saturated carbocycles. The molecule has 0 heterocycles. The molecule has 56 valence electrons. The van der Waals surface area contributed by atoms with Crippen LogP contribution in [-0.4, -0.2) is 0 Å². The highest BCUT2D eigenvalue weighted by Gasteiger charge is 2.42. The summed E-state index contributed by atoms with van der Waals surface area (Å²) in [4.78, 5) is 0. The van der Waals surface area contributed by atoms with Crippen molar-refractivity contribution in [3.63, 3.8) is 0 Å². The van der Waals surface area contributed by atoms with E-state index in [0.717, 1.165) is 0 Å². The number of rotatable bonds is 0. The topological polar surface area (TPSA) is 0 Å². The monoisotopic (exact) mass is 136 g/mol. The van der Waals surface area contributed by atoms with E-state index in [4.69, 9.17) is 0 Å². The van der Waals surface area contributed by atoms with Gasteiger partial charge in [-0.15, -0.1) is 0 Å². The zero-order valence-corrected chi connectivity index (χ0v) is 6.98. The van der Waals surface area contributed by atoms with Gasteiger partial charge in [0.15, 0.2) is 0 Å². The first-order valence-corrected chi connectivity index (χ1v) is 4.30. The standard InChI is InChI=1S/C10H16/c1-9-4-3-5-10(2,8-9)7-6-9/h3-4H,5-8H2,1-2H3. The molecule has 2 unspecified atom stereocenters. The van der Waals surface area contributed by atoms with Crippen LogP contribution in [0.5, 0.6) is 0 Å². The predicted molar refractivity (Wildman–Crippen MR) is 43.8 cm³/mol. The summed E-state index contributed by atoms with van der Waals surface area (Å²) in [5.41, 5.74) is 1.25. The van der Waals surface area contributed by atoms with Crippen molar-refractivity contribution in [3.8, 4) is 0 Å². The summed E-state index contributed by atoms with van der Waals surface area (Å²) in [5, 5.41) is 0. The quantitative estimate of drug-likeness (QED) is 0.449. The predicted octanol–water partition coefficient (Wildman–Crippen LogP) is 3.14. The maximum absolute atomic E-state index is 2.43. The van der Waals surface area contributed by atoms with E-state index >= 15 is 0 Å². The summed E-state index contributed by atoms with van der Waals surface area (Å²) in [7, 11) is 0. The van der Waals surface area contributed by atoms with Gasteiger partial charge in [0.25, 0.3) is 0 Å². The lowest BCUT2D eigenvalue weighted by atomic mass is 9.75. The number of hydrogen-bond donors (Lipinski definition) is 0. The largest absolute Gasteiger partial charge is 0.0874 e. The molecule has 0 spiro atoms. The highest BCUT2D eigenvalue weighted by molar-refractivity contribution is 5.11. The van der Waals surface area contributed by atoms with Gasteiger partial charge in [-0.1, -0.05) is 26.0 Å². The minimum atomic E-state index is 0.576. The zero-order valence-electron chi connectivity index (χ0n) is 6.98. The molecular weight excluding hydrogens is 120 g/mol. The van der Waals surface area contributed by atoms with Crippen LogP contribution in [0.1, 0.15) is 39.5 Å². The molecule has 1 fully saturated rings. The first kappa shape index (κ1) is 6.45. The first-order chi connectivity index (χ1) is 4.62. The molecule has 2 aliphatic carbocycles. The molecule has 0 aromatic carbocycles. The van der Waals surface area contributed by atoms with Crippen molar-refractivity contribution in [3.05, 3.63) is 12.2 Å². The fourth-order valence-corrected chi connectivity index (χ4v) is 2.68. The number of hydrogen-bond acceptors (Lipinski definition) is 0. The smallest absolute Gasteiger partial charge is 0.0141 e. The van der Waals surface area contributed by atoms with Crippen molar-refractivity contribution in [2.75, 3.05) is 0 Å². The van der Waals surface area contributed by atoms with Crippen LogP contribution in [0, 0.1) is 10.8 Å². The second-order valence-corrected chi connectivity index (χ2v) is 4.75. The van der Waals surface area contributed by atoms with Crippen molar-refractivity contribution < 1.29 is 0 Å². The Bertz CT molecular complexity index is 180. The molecule has 0 saturated heterocycles. The maximum atomic E-state index is 2.43. The first-order valence-electron chi connectivity index (χ1n) is 4.30. The van der Waals surface area contributed by atoms with Gasteiger partial charge in [0.1, 0.15) is 0 Å². The third-order valence-corrected chi connectivity index (χ3v) is 3.26. The summed E-state index contributed by atoms with van der Waals surface area (Å²) < 4.78 is 0. The van der Waals surface area contributed by atoms with Gasteiger partial charge in [-0.3, -0.25) is 0 Å². The SMILES string of the molecule is CC12C=CCC(C)(CC1)C2. The normalized spacial score (nSPS) is 51.8. The van der Waals surface area contributed by atoms with Crippen LogP contribution in [0.2, 0.25) is 0 Å². The van der Waals surface area contributed by atoms with Crippen molar-refractivity contribution in [2.24, 2.45) is 10.8 Å². The van der Waals surface area contributed by atoms with Crippen molar-refractivity contribution in [1.29, 1.82) is 0 Å². The van der Waals surface area contributed by atoms with E-state index in [1.54, 1.807) is 0 Å². The Morgan fingerprint density at radius 3 is 2.60 bits per heavy atom. The van der Waals surface area contributed by atoms with Crippen LogP contribution < -0.4 is 0 Å². The maximum Gasteiger partial charge on any atom is -0.0141 e. The minimum absolute atomic E-state index is 0.576. The molecule has 2 bridgehead atoms. The molecule has 2 aliphatic rings. The Morgan fingerprint density at radius 2 is 2.00 bits per heavy atom. The Balaban J connectivity index is 2.32. The molecule has 10 heavy (non-hydrogen) atoms. The van der Waals surface area contributed by atoms with E-state index in [2.05, 4.69) is 26.0 Å². The van der Waals surface area contributed by atoms with Gasteiger partial charge in [-0.25, -0.2) is 0 Å². The van der Waals surface area contributed by atoms with Crippen LogP contribution in [-0.2, 0) is 0 Å². The molecule has 0 amide bonds. The zero-order chi connectivity index (χ0) is 7.24. The second kappa shape index (κ2) is 1.66. The van der Waals surface area contributed by atoms with Crippen molar-refractivity contribution in [1.82, 2.24) is 0 Å². The van der Waals surface area contributed by atoms with Gasteiger partial charge in [0.05, 0.1) is 0 Å². The summed E-state index contributed by atoms with van der Waals surface area (Å²) in [6.07, 6.45) is 10.4. The lowest BCUT2D eigenvalue weighted by Gasteiger charge is -2.30. The van der Waals surface area contributed by atoms with E-state index in [9.17, 15) is 0 Å². The number of fused-ring (bicyclic) bond motifs is 2. The van der Waals surface area contributed by atoms with Crippen LogP contribution in [0.3, 0.4) is 0 Å². The fraction of sp³-hybridized carbons (Fsp3) is 0.800.